The smallest absolute Gasteiger partial charge is 0.0344 e. The Hall–Kier alpha value is -0.970. The fourth-order valence-corrected chi connectivity index (χ4v) is 2.98. The standard InChI is InChI=1S/C15H26N4/c1-13-9-18(3)15(8-16-2)12-19(10-13)11-14-4-6-17-7-5-14/h4-7,13,15-16H,8-12H2,1-3H3. The summed E-state index contributed by atoms with van der Waals surface area (Å²) in [5.74, 6) is 0.716. The highest BCUT2D eigenvalue weighted by Gasteiger charge is 2.25. The second kappa shape index (κ2) is 6.98. The number of likely N-dealkylation sites (N-methyl/N-ethyl adjacent to an activating group) is 2. The van der Waals surface area contributed by atoms with Crippen LogP contribution in [0.5, 0.6) is 0 Å². The lowest BCUT2D eigenvalue weighted by molar-refractivity contribution is 0.201. The van der Waals surface area contributed by atoms with E-state index < -0.39 is 0 Å². The zero-order valence-corrected chi connectivity index (χ0v) is 12.3. The van der Waals surface area contributed by atoms with Gasteiger partial charge in [-0.05, 0) is 37.7 Å². The lowest BCUT2D eigenvalue weighted by Gasteiger charge is -2.28. The minimum Gasteiger partial charge on any atom is -0.318 e. The molecule has 2 atom stereocenters. The molecule has 2 unspecified atom stereocenters. The third-order valence-corrected chi connectivity index (χ3v) is 3.86. The summed E-state index contributed by atoms with van der Waals surface area (Å²) in [4.78, 5) is 9.16. The summed E-state index contributed by atoms with van der Waals surface area (Å²) in [7, 11) is 4.28. The highest BCUT2D eigenvalue weighted by atomic mass is 15.2. The van der Waals surface area contributed by atoms with Crippen LogP contribution in [0.2, 0.25) is 0 Å². The van der Waals surface area contributed by atoms with Crippen molar-refractivity contribution < 1.29 is 0 Å². The van der Waals surface area contributed by atoms with E-state index >= 15 is 0 Å². The number of hydrogen-bond donors (Lipinski definition) is 1. The van der Waals surface area contributed by atoms with Crippen LogP contribution in [0.25, 0.3) is 0 Å². The molecule has 0 saturated carbocycles. The topological polar surface area (TPSA) is 31.4 Å². The highest BCUT2D eigenvalue weighted by molar-refractivity contribution is 5.09. The number of aromatic nitrogens is 1. The van der Waals surface area contributed by atoms with Crippen molar-refractivity contribution in [2.75, 3.05) is 40.3 Å². The molecule has 0 radical (unpaired) electrons. The molecule has 4 nitrogen and oxygen atoms in total. The van der Waals surface area contributed by atoms with Crippen LogP contribution >= 0.6 is 0 Å². The predicted octanol–water partition coefficient (Wildman–Crippen LogP) is 1.05. The lowest BCUT2D eigenvalue weighted by Crippen LogP contribution is -2.44. The molecule has 0 bridgehead atoms. The Kier molecular flexibility index (Phi) is 5.31. The number of nitrogens with one attached hydrogen (secondary N) is 1. The maximum absolute atomic E-state index is 4.09. The summed E-state index contributed by atoms with van der Waals surface area (Å²) in [6.07, 6.45) is 3.77. The number of pyridine rings is 1. The molecule has 1 aromatic heterocycles. The van der Waals surface area contributed by atoms with Crippen LogP contribution in [-0.4, -0.2) is 61.1 Å². The molecule has 4 heteroatoms. The van der Waals surface area contributed by atoms with Crippen LogP contribution < -0.4 is 5.32 Å². The van der Waals surface area contributed by atoms with E-state index in [2.05, 4.69) is 46.2 Å². The first-order valence-corrected chi connectivity index (χ1v) is 7.15. The summed E-state index contributed by atoms with van der Waals surface area (Å²) in [6.45, 7) is 7.91. The molecule has 1 N–H and O–H groups in total. The molecule has 0 amide bonds. The zero-order chi connectivity index (χ0) is 13.7. The fraction of sp³-hybridized carbons (Fsp3) is 0.667. The highest BCUT2D eigenvalue weighted by Crippen LogP contribution is 2.15. The third kappa shape index (κ3) is 4.27. The maximum atomic E-state index is 4.09. The molecular weight excluding hydrogens is 236 g/mol. The molecule has 1 fully saturated rings. The van der Waals surface area contributed by atoms with E-state index in [0.717, 1.165) is 19.6 Å². The molecule has 2 rings (SSSR count). The maximum Gasteiger partial charge on any atom is 0.0344 e. The van der Waals surface area contributed by atoms with Gasteiger partial charge in [0.25, 0.3) is 0 Å². The summed E-state index contributed by atoms with van der Waals surface area (Å²) >= 11 is 0. The van der Waals surface area contributed by atoms with Crippen molar-refractivity contribution in [1.82, 2.24) is 20.1 Å². The molecule has 1 aliphatic heterocycles. The van der Waals surface area contributed by atoms with E-state index in [4.69, 9.17) is 0 Å². The van der Waals surface area contributed by atoms with Gasteiger partial charge in [-0.15, -0.1) is 0 Å². The molecule has 0 aliphatic carbocycles. The van der Waals surface area contributed by atoms with Gasteiger partial charge in [0.15, 0.2) is 0 Å². The molecule has 0 spiro atoms. The van der Waals surface area contributed by atoms with Crippen LogP contribution in [0.3, 0.4) is 0 Å². The summed E-state index contributed by atoms with van der Waals surface area (Å²) in [5.41, 5.74) is 1.36. The predicted molar refractivity (Wildman–Crippen MR) is 79.0 cm³/mol. The molecule has 106 valence electrons. The average Bonchev–Trinajstić information content (AvgIpc) is 2.50. The molecule has 2 heterocycles. The van der Waals surface area contributed by atoms with Crippen molar-refractivity contribution in [3.63, 3.8) is 0 Å². The van der Waals surface area contributed by atoms with Gasteiger partial charge in [0.1, 0.15) is 0 Å². The van der Waals surface area contributed by atoms with Crippen LogP contribution in [-0.2, 0) is 6.54 Å². The van der Waals surface area contributed by atoms with E-state index in [1.807, 2.05) is 19.4 Å². The molecule has 19 heavy (non-hydrogen) atoms. The van der Waals surface area contributed by atoms with Crippen LogP contribution in [0.4, 0.5) is 0 Å². The number of nitrogens with zero attached hydrogens (tertiary/aromatic N) is 3. The van der Waals surface area contributed by atoms with Crippen molar-refractivity contribution in [2.45, 2.75) is 19.5 Å². The Morgan fingerprint density at radius 1 is 1.26 bits per heavy atom. The summed E-state index contributed by atoms with van der Waals surface area (Å²) < 4.78 is 0. The normalized spacial score (nSPS) is 26.3. The zero-order valence-electron chi connectivity index (χ0n) is 12.3. The Morgan fingerprint density at radius 3 is 2.68 bits per heavy atom. The quantitative estimate of drug-likeness (QED) is 0.879. The Labute approximate surface area is 116 Å². The van der Waals surface area contributed by atoms with Gasteiger partial charge in [-0.25, -0.2) is 0 Å². The third-order valence-electron chi connectivity index (χ3n) is 3.86. The first-order valence-electron chi connectivity index (χ1n) is 7.15. The molecule has 1 aromatic rings. The van der Waals surface area contributed by atoms with Crippen molar-refractivity contribution in [2.24, 2.45) is 5.92 Å². The number of rotatable bonds is 4. The second-order valence-electron chi connectivity index (χ2n) is 5.81. The number of hydrogen-bond acceptors (Lipinski definition) is 4. The van der Waals surface area contributed by atoms with Crippen LogP contribution in [0.15, 0.2) is 24.5 Å². The van der Waals surface area contributed by atoms with Gasteiger partial charge < -0.3 is 10.2 Å². The Morgan fingerprint density at radius 2 is 2.00 bits per heavy atom. The minimum absolute atomic E-state index is 0.594. The summed E-state index contributed by atoms with van der Waals surface area (Å²) in [6, 6.07) is 4.83. The van der Waals surface area contributed by atoms with Crippen LogP contribution in [0, 0.1) is 5.92 Å². The summed E-state index contributed by atoms with van der Waals surface area (Å²) in [5, 5.41) is 3.32. The van der Waals surface area contributed by atoms with Gasteiger partial charge in [0.05, 0.1) is 0 Å². The van der Waals surface area contributed by atoms with Gasteiger partial charge in [0.2, 0.25) is 0 Å². The van der Waals surface area contributed by atoms with Gasteiger partial charge in [-0.1, -0.05) is 6.92 Å². The van der Waals surface area contributed by atoms with Gasteiger partial charge in [-0.2, -0.15) is 0 Å². The minimum atomic E-state index is 0.594. The SMILES string of the molecule is CNCC1CN(Cc2ccncc2)CC(C)CN1C. The van der Waals surface area contributed by atoms with Crippen molar-refractivity contribution in [3.8, 4) is 0 Å². The fourth-order valence-electron chi connectivity index (χ4n) is 2.98. The van der Waals surface area contributed by atoms with E-state index in [-0.39, 0.29) is 0 Å². The Balaban J connectivity index is 2.02. The first kappa shape index (κ1) is 14.4. The van der Waals surface area contributed by atoms with E-state index in [1.165, 1.54) is 18.7 Å². The average molecular weight is 262 g/mol. The van der Waals surface area contributed by atoms with Gasteiger partial charge >= 0.3 is 0 Å². The monoisotopic (exact) mass is 262 g/mol. The van der Waals surface area contributed by atoms with Gasteiger partial charge in [0, 0.05) is 51.2 Å². The molecule has 1 saturated heterocycles. The van der Waals surface area contributed by atoms with E-state index in [9.17, 15) is 0 Å². The first-order chi connectivity index (χ1) is 9.19. The van der Waals surface area contributed by atoms with Crippen molar-refractivity contribution in [1.29, 1.82) is 0 Å². The largest absolute Gasteiger partial charge is 0.318 e. The molecule has 0 aromatic carbocycles. The van der Waals surface area contributed by atoms with Gasteiger partial charge in [-0.3, -0.25) is 9.88 Å². The molecular formula is C15H26N4. The molecule has 1 aliphatic rings. The van der Waals surface area contributed by atoms with E-state index in [1.54, 1.807) is 0 Å². The second-order valence-corrected chi connectivity index (χ2v) is 5.81. The lowest BCUT2D eigenvalue weighted by atomic mass is 10.1. The van der Waals surface area contributed by atoms with Crippen molar-refractivity contribution in [3.05, 3.63) is 30.1 Å². The van der Waals surface area contributed by atoms with E-state index in [0.29, 0.717) is 12.0 Å². The Bertz CT molecular complexity index is 368. The van der Waals surface area contributed by atoms with Crippen LogP contribution in [0.1, 0.15) is 12.5 Å². The van der Waals surface area contributed by atoms with Crippen molar-refractivity contribution >= 4 is 0 Å².